The predicted octanol–water partition coefficient (Wildman–Crippen LogP) is 2.63. The minimum absolute atomic E-state index is 0.394. The molecule has 0 heterocycles. The summed E-state index contributed by atoms with van der Waals surface area (Å²) in [7, 11) is -0.638. The van der Waals surface area contributed by atoms with Crippen molar-refractivity contribution in [1.29, 1.82) is 0 Å². The number of rotatable bonds is 3. The van der Waals surface area contributed by atoms with Crippen LogP contribution in [-0.2, 0) is 10.8 Å². The van der Waals surface area contributed by atoms with E-state index in [0.717, 1.165) is 5.92 Å². The molecule has 0 N–H and O–H groups in total. The van der Waals surface area contributed by atoms with Crippen molar-refractivity contribution < 1.29 is 4.21 Å². The van der Waals surface area contributed by atoms with Gasteiger partial charge in [-0.25, -0.2) is 0 Å². The fourth-order valence-electron chi connectivity index (χ4n) is 2.01. The summed E-state index contributed by atoms with van der Waals surface area (Å²) in [5.74, 6) is 0.722. The molecular formula is C9H18OS2. The number of hydrogen-bond donors (Lipinski definition) is 0. The van der Waals surface area contributed by atoms with Gasteiger partial charge in [-0.3, -0.25) is 4.21 Å². The van der Waals surface area contributed by atoms with Crippen molar-refractivity contribution in [2.24, 2.45) is 5.92 Å². The summed E-state index contributed by atoms with van der Waals surface area (Å²) < 4.78 is 11.8. The molecule has 1 aliphatic rings. The molecule has 2 atom stereocenters. The zero-order chi connectivity index (χ0) is 8.97. The van der Waals surface area contributed by atoms with E-state index in [0.29, 0.717) is 4.58 Å². The van der Waals surface area contributed by atoms with Crippen LogP contribution in [0.3, 0.4) is 0 Å². The topological polar surface area (TPSA) is 17.1 Å². The van der Waals surface area contributed by atoms with Crippen LogP contribution in [0.5, 0.6) is 0 Å². The van der Waals surface area contributed by atoms with Gasteiger partial charge in [-0.15, -0.1) is 11.8 Å². The standard InChI is InChI=1S/C9H18OS2/c1-11-9(12(2)10)8-6-4-3-5-7-8/h8-9H,3-7H2,1-2H3/t9-,12?/m1/s1. The Bertz CT molecular complexity index is 153. The van der Waals surface area contributed by atoms with Gasteiger partial charge in [0.15, 0.2) is 0 Å². The highest BCUT2D eigenvalue weighted by Gasteiger charge is 2.25. The fourth-order valence-corrected chi connectivity index (χ4v) is 4.56. The minimum atomic E-state index is -0.638. The molecule has 1 fully saturated rings. The zero-order valence-corrected chi connectivity index (χ0v) is 9.55. The van der Waals surface area contributed by atoms with E-state index in [4.69, 9.17) is 0 Å². The number of thioether (sulfide) groups is 1. The predicted molar refractivity (Wildman–Crippen MR) is 57.9 cm³/mol. The Balaban J connectivity index is 2.46. The molecule has 72 valence electrons. The van der Waals surface area contributed by atoms with Crippen LogP contribution in [0.1, 0.15) is 32.1 Å². The van der Waals surface area contributed by atoms with E-state index < -0.39 is 10.8 Å². The van der Waals surface area contributed by atoms with E-state index in [1.807, 2.05) is 6.26 Å². The van der Waals surface area contributed by atoms with Crippen molar-refractivity contribution in [3.05, 3.63) is 0 Å². The summed E-state index contributed by atoms with van der Waals surface area (Å²) in [4.78, 5) is 0. The lowest BCUT2D eigenvalue weighted by molar-refractivity contribution is 0.378. The van der Waals surface area contributed by atoms with E-state index in [2.05, 4.69) is 6.26 Å². The van der Waals surface area contributed by atoms with Crippen molar-refractivity contribution in [2.75, 3.05) is 12.5 Å². The highest BCUT2D eigenvalue weighted by atomic mass is 32.2. The summed E-state index contributed by atoms with van der Waals surface area (Å²) in [6.07, 6.45) is 10.6. The Hall–Kier alpha value is 0.500. The molecule has 1 aliphatic carbocycles. The maximum atomic E-state index is 11.4. The third-order valence-corrected chi connectivity index (χ3v) is 5.87. The van der Waals surface area contributed by atoms with Gasteiger partial charge in [-0.1, -0.05) is 19.3 Å². The third kappa shape index (κ3) is 2.77. The van der Waals surface area contributed by atoms with Crippen molar-refractivity contribution in [3.63, 3.8) is 0 Å². The summed E-state index contributed by atoms with van der Waals surface area (Å²) >= 11 is 1.78. The molecule has 0 aromatic heterocycles. The van der Waals surface area contributed by atoms with Gasteiger partial charge >= 0.3 is 0 Å². The molecule has 3 heteroatoms. The van der Waals surface area contributed by atoms with Gasteiger partial charge in [0.05, 0.1) is 4.58 Å². The van der Waals surface area contributed by atoms with Crippen LogP contribution in [0, 0.1) is 5.92 Å². The maximum absolute atomic E-state index is 11.4. The Kier molecular flexibility index (Phi) is 4.65. The third-order valence-electron chi connectivity index (χ3n) is 2.59. The van der Waals surface area contributed by atoms with Gasteiger partial charge in [0, 0.05) is 17.1 Å². The van der Waals surface area contributed by atoms with Gasteiger partial charge in [-0.2, -0.15) is 0 Å². The van der Waals surface area contributed by atoms with Gasteiger partial charge in [0.1, 0.15) is 0 Å². The molecule has 0 saturated heterocycles. The second-order valence-electron chi connectivity index (χ2n) is 3.50. The van der Waals surface area contributed by atoms with Gasteiger partial charge in [-0.05, 0) is 25.0 Å². The fraction of sp³-hybridized carbons (Fsp3) is 1.00. The first-order valence-electron chi connectivity index (χ1n) is 4.60. The van der Waals surface area contributed by atoms with Crippen molar-refractivity contribution in [3.8, 4) is 0 Å². The molecule has 0 radical (unpaired) electrons. The zero-order valence-electron chi connectivity index (χ0n) is 7.91. The number of hydrogen-bond acceptors (Lipinski definition) is 2. The van der Waals surface area contributed by atoms with Crippen LogP contribution in [0.15, 0.2) is 0 Å². The van der Waals surface area contributed by atoms with E-state index in [1.54, 1.807) is 11.8 Å². The Labute approximate surface area is 82.2 Å². The largest absolute Gasteiger partial charge is 0.259 e. The molecule has 1 saturated carbocycles. The van der Waals surface area contributed by atoms with Crippen molar-refractivity contribution in [1.82, 2.24) is 0 Å². The Morgan fingerprint density at radius 1 is 1.33 bits per heavy atom. The summed E-state index contributed by atoms with van der Waals surface area (Å²) in [5, 5.41) is 0. The van der Waals surface area contributed by atoms with E-state index in [9.17, 15) is 4.21 Å². The first-order chi connectivity index (χ1) is 5.75. The SMILES string of the molecule is CS[C@@H](C1CCCCC1)S(C)=O. The molecule has 0 spiro atoms. The van der Waals surface area contributed by atoms with Crippen molar-refractivity contribution in [2.45, 2.75) is 36.7 Å². The van der Waals surface area contributed by atoms with Crippen LogP contribution < -0.4 is 0 Å². The smallest absolute Gasteiger partial charge is 0.0823 e. The van der Waals surface area contributed by atoms with E-state index in [-0.39, 0.29) is 0 Å². The highest BCUT2D eigenvalue weighted by Crippen LogP contribution is 2.32. The van der Waals surface area contributed by atoms with Crippen LogP contribution in [-0.4, -0.2) is 21.3 Å². The average molecular weight is 206 g/mol. The molecule has 0 bridgehead atoms. The molecule has 0 aliphatic heterocycles. The van der Waals surface area contributed by atoms with E-state index in [1.165, 1.54) is 32.1 Å². The Morgan fingerprint density at radius 3 is 2.33 bits per heavy atom. The monoisotopic (exact) mass is 206 g/mol. The lowest BCUT2D eigenvalue weighted by Gasteiger charge is -2.27. The molecular weight excluding hydrogens is 188 g/mol. The summed E-state index contributed by atoms with van der Waals surface area (Å²) in [5.41, 5.74) is 0. The quantitative estimate of drug-likeness (QED) is 0.706. The summed E-state index contributed by atoms with van der Waals surface area (Å²) in [6, 6.07) is 0. The minimum Gasteiger partial charge on any atom is -0.259 e. The second-order valence-corrected chi connectivity index (χ2v) is 6.28. The Morgan fingerprint density at radius 2 is 1.92 bits per heavy atom. The van der Waals surface area contributed by atoms with Gasteiger partial charge in [0.25, 0.3) is 0 Å². The lowest BCUT2D eigenvalue weighted by atomic mass is 9.91. The molecule has 0 aromatic carbocycles. The van der Waals surface area contributed by atoms with Gasteiger partial charge < -0.3 is 0 Å². The first-order valence-corrected chi connectivity index (χ1v) is 7.51. The molecule has 12 heavy (non-hydrogen) atoms. The molecule has 0 amide bonds. The lowest BCUT2D eigenvalue weighted by Crippen LogP contribution is -2.23. The van der Waals surface area contributed by atoms with Crippen LogP contribution in [0.25, 0.3) is 0 Å². The molecule has 1 nitrogen and oxygen atoms in total. The highest BCUT2D eigenvalue weighted by molar-refractivity contribution is 8.10. The van der Waals surface area contributed by atoms with Crippen molar-refractivity contribution >= 4 is 22.6 Å². The van der Waals surface area contributed by atoms with Crippen LogP contribution >= 0.6 is 11.8 Å². The average Bonchev–Trinajstić information content (AvgIpc) is 2.07. The normalized spacial score (nSPS) is 25.2. The van der Waals surface area contributed by atoms with Crippen LogP contribution in [0.4, 0.5) is 0 Å². The molecule has 1 rings (SSSR count). The maximum Gasteiger partial charge on any atom is 0.0823 e. The summed E-state index contributed by atoms with van der Waals surface area (Å²) in [6.45, 7) is 0. The van der Waals surface area contributed by atoms with E-state index >= 15 is 0 Å². The first kappa shape index (κ1) is 10.6. The van der Waals surface area contributed by atoms with Gasteiger partial charge in [0.2, 0.25) is 0 Å². The second kappa shape index (κ2) is 5.28. The van der Waals surface area contributed by atoms with Crippen LogP contribution in [0.2, 0.25) is 0 Å². The molecule has 0 aromatic rings. The molecule has 1 unspecified atom stereocenters.